The van der Waals surface area contributed by atoms with E-state index < -0.39 is 20.7 Å². The van der Waals surface area contributed by atoms with Gasteiger partial charge in [0.15, 0.2) is 0 Å². The number of hydrogen-bond acceptors (Lipinski definition) is 5. The molecule has 4 fully saturated rings. The van der Waals surface area contributed by atoms with Crippen molar-refractivity contribution in [1.29, 1.82) is 0 Å². The Kier molecular flexibility index (Phi) is 8.16. The number of imidazole rings is 1. The van der Waals surface area contributed by atoms with Crippen LogP contribution in [0.15, 0.2) is 77.7 Å². The molecule has 1 unspecified atom stereocenters. The van der Waals surface area contributed by atoms with Crippen LogP contribution in [0.5, 0.6) is 0 Å². The van der Waals surface area contributed by atoms with E-state index in [9.17, 15) is 17.6 Å². The lowest BCUT2D eigenvalue weighted by Gasteiger charge is -2.45. The van der Waals surface area contributed by atoms with Crippen LogP contribution in [0, 0.1) is 12.7 Å². The zero-order valence-corrected chi connectivity index (χ0v) is 28.3. The standard InChI is InChI=1S/C38H44FN5O3S/c1-26-40-34-9-5-6-10-35(34)44(26)32-24-30-14-15-31(25-32)43(30)22-19-38(28-7-3-2-4-8-28)17-20-42(21-18-38)37(45)27-11-16-33(39)36(23-27)48(46,47)41-29-12-13-29/h2-11,16,23,29-32,41H,12-15,17-22,24-25H2,1H3/t30-,31+,32?. The second kappa shape index (κ2) is 12.4. The minimum absolute atomic E-state index is 0.0586. The number of sulfonamides is 1. The van der Waals surface area contributed by atoms with Crippen molar-refractivity contribution in [1.82, 2.24) is 24.1 Å². The molecule has 1 saturated carbocycles. The third kappa shape index (κ3) is 5.86. The minimum atomic E-state index is -4.02. The van der Waals surface area contributed by atoms with Crippen molar-refractivity contribution >= 4 is 27.0 Å². The average molecular weight is 670 g/mol. The van der Waals surface area contributed by atoms with Crippen LogP contribution in [0.4, 0.5) is 4.39 Å². The molecule has 252 valence electrons. The lowest BCUT2D eigenvalue weighted by atomic mass is 9.70. The molecule has 1 N–H and O–H groups in total. The molecular weight excluding hydrogens is 626 g/mol. The van der Waals surface area contributed by atoms with Crippen molar-refractivity contribution in [3.05, 3.63) is 95.6 Å². The van der Waals surface area contributed by atoms with Crippen molar-refractivity contribution < 1.29 is 17.6 Å². The van der Waals surface area contributed by atoms with Gasteiger partial charge in [0, 0.05) is 42.8 Å². The highest BCUT2D eigenvalue weighted by molar-refractivity contribution is 7.89. The predicted molar refractivity (Wildman–Crippen MR) is 184 cm³/mol. The number of nitrogens with one attached hydrogen (secondary N) is 1. The Hall–Kier alpha value is -3.60. The monoisotopic (exact) mass is 669 g/mol. The van der Waals surface area contributed by atoms with Gasteiger partial charge in [0.2, 0.25) is 10.0 Å². The molecule has 48 heavy (non-hydrogen) atoms. The number of benzene rings is 3. The number of amides is 1. The number of hydrogen-bond donors (Lipinski definition) is 1. The highest BCUT2D eigenvalue weighted by Gasteiger charge is 2.44. The van der Waals surface area contributed by atoms with Gasteiger partial charge < -0.3 is 9.47 Å². The quantitative estimate of drug-likeness (QED) is 0.224. The van der Waals surface area contributed by atoms with Gasteiger partial charge in [0.1, 0.15) is 16.5 Å². The fraction of sp³-hybridized carbons (Fsp3) is 0.474. The Balaban J connectivity index is 0.967. The van der Waals surface area contributed by atoms with Crippen molar-refractivity contribution in [2.24, 2.45) is 0 Å². The molecule has 2 bridgehead atoms. The Morgan fingerprint density at radius 1 is 0.917 bits per heavy atom. The summed E-state index contributed by atoms with van der Waals surface area (Å²) in [5, 5.41) is 0. The number of carbonyl (C=O) groups excluding carboxylic acids is 1. The van der Waals surface area contributed by atoms with Crippen LogP contribution in [-0.2, 0) is 15.4 Å². The first-order valence-corrected chi connectivity index (χ1v) is 19.1. The lowest BCUT2D eigenvalue weighted by Crippen LogP contribution is -2.49. The van der Waals surface area contributed by atoms with Crippen LogP contribution in [0.3, 0.4) is 0 Å². The second-order valence-corrected chi connectivity index (χ2v) is 16.2. The number of carbonyl (C=O) groups is 1. The van der Waals surface area contributed by atoms with Gasteiger partial charge in [-0.3, -0.25) is 9.69 Å². The smallest absolute Gasteiger partial charge is 0.253 e. The zero-order chi connectivity index (χ0) is 33.0. The molecule has 4 heterocycles. The average Bonchev–Trinajstić information content (AvgIpc) is 3.78. The molecule has 1 aliphatic carbocycles. The van der Waals surface area contributed by atoms with E-state index in [0.29, 0.717) is 31.2 Å². The highest BCUT2D eigenvalue weighted by Crippen LogP contribution is 2.45. The molecule has 0 radical (unpaired) electrons. The van der Waals surface area contributed by atoms with Crippen molar-refractivity contribution in [3.63, 3.8) is 0 Å². The van der Waals surface area contributed by atoms with Crippen LogP contribution in [-0.4, -0.2) is 71.4 Å². The second-order valence-electron chi connectivity index (χ2n) is 14.5. The fourth-order valence-corrected chi connectivity index (χ4v) is 10.3. The SMILES string of the molecule is Cc1nc2ccccc2n1C1C[C@H]2CC[C@@H](C1)N2CCC1(c2ccccc2)CCN(C(=O)c2ccc(F)c(S(=O)(=O)NC3CC3)c2)CC1. The molecule has 1 aromatic heterocycles. The van der Waals surface area contributed by atoms with Crippen LogP contribution in [0.2, 0.25) is 0 Å². The van der Waals surface area contributed by atoms with Gasteiger partial charge in [-0.05, 0) is 113 Å². The Bertz CT molecular complexity index is 1920. The van der Waals surface area contributed by atoms with Gasteiger partial charge in [-0.2, -0.15) is 0 Å². The van der Waals surface area contributed by atoms with Gasteiger partial charge in [0.25, 0.3) is 5.91 Å². The maximum atomic E-state index is 14.6. The topological polar surface area (TPSA) is 87.5 Å². The number of nitrogens with zero attached hydrogens (tertiary/aromatic N) is 4. The van der Waals surface area contributed by atoms with Crippen molar-refractivity contribution in [2.75, 3.05) is 19.6 Å². The van der Waals surface area contributed by atoms with Gasteiger partial charge in [-0.15, -0.1) is 0 Å². The molecule has 10 heteroatoms. The van der Waals surface area contributed by atoms with E-state index >= 15 is 0 Å². The largest absolute Gasteiger partial charge is 0.339 e. The first-order valence-electron chi connectivity index (χ1n) is 17.6. The molecule has 4 aliphatic rings. The number of aromatic nitrogens is 2. The summed E-state index contributed by atoms with van der Waals surface area (Å²) < 4.78 is 45.3. The predicted octanol–water partition coefficient (Wildman–Crippen LogP) is 6.36. The first kappa shape index (κ1) is 31.7. The van der Waals surface area contributed by atoms with Crippen LogP contribution < -0.4 is 4.72 Å². The number of rotatable bonds is 9. The minimum Gasteiger partial charge on any atom is -0.339 e. The molecule has 1 amide bonds. The first-order chi connectivity index (χ1) is 23.2. The van der Waals surface area contributed by atoms with E-state index in [1.165, 1.54) is 36.1 Å². The summed E-state index contributed by atoms with van der Waals surface area (Å²) in [6.07, 6.45) is 8.92. The number of likely N-dealkylation sites (tertiary alicyclic amines) is 1. The molecule has 3 aliphatic heterocycles. The Morgan fingerprint density at radius 3 is 2.31 bits per heavy atom. The summed E-state index contributed by atoms with van der Waals surface area (Å²) in [6.45, 7) is 4.30. The normalized spacial score (nSPS) is 24.3. The number of aryl methyl sites for hydroxylation is 1. The molecule has 0 spiro atoms. The van der Waals surface area contributed by atoms with Gasteiger partial charge in [-0.1, -0.05) is 42.5 Å². The number of piperidine rings is 2. The van der Waals surface area contributed by atoms with E-state index in [2.05, 4.69) is 75.7 Å². The summed E-state index contributed by atoms with van der Waals surface area (Å²) in [7, 11) is -4.02. The maximum absolute atomic E-state index is 14.6. The van der Waals surface area contributed by atoms with E-state index in [1.54, 1.807) is 0 Å². The Morgan fingerprint density at radius 2 is 1.60 bits per heavy atom. The third-order valence-electron chi connectivity index (χ3n) is 11.6. The van der Waals surface area contributed by atoms with Crippen LogP contribution in [0.25, 0.3) is 11.0 Å². The molecule has 4 aromatic rings. The lowest BCUT2D eigenvalue weighted by molar-refractivity contribution is 0.0606. The maximum Gasteiger partial charge on any atom is 0.253 e. The molecular formula is C38H44FN5O3S. The van der Waals surface area contributed by atoms with Gasteiger partial charge in [0.05, 0.1) is 11.0 Å². The molecule has 8 rings (SSSR count). The number of halogens is 1. The van der Waals surface area contributed by atoms with Crippen LogP contribution in [0.1, 0.15) is 85.6 Å². The molecule has 3 atom stereocenters. The van der Waals surface area contributed by atoms with Gasteiger partial charge >= 0.3 is 0 Å². The van der Waals surface area contributed by atoms with Crippen molar-refractivity contribution in [2.45, 2.75) is 99.2 Å². The number of fused-ring (bicyclic) bond motifs is 3. The van der Waals surface area contributed by atoms with E-state index in [4.69, 9.17) is 4.98 Å². The summed E-state index contributed by atoms with van der Waals surface area (Å²) in [5.41, 5.74) is 3.79. The Labute approximate surface area is 282 Å². The van der Waals surface area contributed by atoms with Crippen LogP contribution >= 0.6 is 0 Å². The zero-order valence-electron chi connectivity index (χ0n) is 27.5. The van der Waals surface area contributed by atoms with E-state index in [1.807, 2.05) is 4.90 Å². The molecule has 3 saturated heterocycles. The molecule has 8 nitrogen and oxygen atoms in total. The third-order valence-corrected chi connectivity index (χ3v) is 13.1. The van der Waals surface area contributed by atoms with E-state index in [0.717, 1.165) is 68.9 Å². The summed E-state index contributed by atoms with van der Waals surface area (Å²) in [5.74, 6) is 0.0155. The van der Waals surface area contributed by atoms with E-state index in [-0.39, 0.29) is 22.9 Å². The fourth-order valence-electron chi connectivity index (χ4n) is 8.91. The number of para-hydroxylation sites is 2. The summed E-state index contributed by atoms with van der Waals surface area (Å²) >= 11 is 0. The van der Waals surface area contributed by atoms with Gasteiger partial charge in [-0.25, -0.2) is 22.5 Å². The highest BCUT2D eigenvalue weighted by atomic mass is 32.2. The van der Waals surface area contributed by atoms with Crippen molar-refractivity contribution in [3.8, 4) is 0 Å². The summed E-state index contributed by atoms with van der Waals surface area (Å²) in [4.78, 5) is 22.7. The summed E-state index contributed by atoms with van der Waals surface area (Å²) in [6, 6.07) is 24.4. The molecule has 3 aromatic carbocycles.